The summed E-state index contributed by atoms with van der Waals surface area (Å²) in [4.78, 5) is 12.7. The van der Waals surface area contributed by atoms with Crippen LogP contribution in [-0.4, -0.2) is 46.4 Å². The molecule has 3 aromatic rings. The fourth-order valence-corrected chi connectivity index (χ4v) is 4.50. The van der Waals surface area contributed by atoms with Gasteiger partial charge in [0.05, 0.1) is 25.0 Å². The minimum Gasteiger partial charge on any atom is -0.491 e. The van der Waals surface area contributed by atoms with Crippen molar-refractivity contribution in [1.82, 2.24) is 5.32 Å². The third-order valence-corrected chi connectivity index (χ3v) is 6.23. The molecule has 4 rings (SSSR count). The van der Waals surface area contributed by atoms with Crippen LogP contribution in [0, 0.1) is 6.92 Å². The third kappa shape index (κ3) is 4.59. The van der Waals surface area contributed by atoms with Gasteiger partial charge in [-0.25, -0.2) is 8.42 Å². The fraction of sp³-hybridized carbons (Fsp3) is 0.261. The van der Waals surface area contributed by atoms with Crippen LogP contribution in [0.25, 0.3) is 10.8 Å². The van der Waals surface area contributed by atoms with Crippen molar-refractivity contribution in [3.8, 4) is 11.5 Å². The maximum absolute atomic E-state index is 12.7. The number of rotatable bonds is 6. The third-order valence-electron chi connectivity index (χ3n) is 5.09. The van der Waals surface area contributed by atoms with Crippen molar-refractivity contribution < 1.29 is 22.7 Å². The minimum absolute atomic E-state index is 0.0785. The predicted molar refractivity (Wildman–Crippen MR) is 120 cm³/mol. The molecule has 0 aromatic heterocycles. The van der Waals surface area contributed by atoms with E-state index in [0.717, 1.165) is 28.3 Å². The Morgan fingerprint density at radius 1 is 1.16 bits per heavy atom. The van der Waals surface area contributed by atoms with E-state index in [4.69, 9.17) is 9.47 Å². The molecule has 1 aliphatic heterocycles. The van der Waals surface area contributed by atoms with Gasteiger partial charge in [-0.3, -0.25) is 9.10 Å². The Kier molecular flexibility index (Phi) is 5.73. The van der Waals surface area contributed by atoms with Gasteiger partial charge < -0.3 is 14.8 Å². The van der Waals surface area contributed by atoms with Crippen LogP contribution in [0.15, 0.2) is 60.7 Å². The Balaban J connectivity index is 1.39. The Hall–Kier alpha value is -3.26. The summed E-state index contributed by atoms with van der Waals surface area (Å²) >= 11 is 0. The summed E-state index contributed by atoms with van der Waals surface area (Å²) in [6.45, 7) is 2.34. The first-order valence-electron chi connectivity index (χ1n) is 9.96. The number of fused-ring (bicyclic) bond motifs is 2. The van der Waals surface area contributed by atoms with Gasteiger partial charge in [-0.2, -0.15) is 0 Å². The maximum Gasteiger partial charge on any atom is 0.263 e. The first kappa shape index (κ1) is 21.0. The van der Waals surface area contributed by atoms with E-state index in [9.17, 15) is 13.2 Å². The zero-order chi connectivity index (χ0) is 22.0. The Labute approximate surface area is 181 Å². The molecule has 0 fully saturated rings. The number of amides is 1. The molecule has 0 aliphatic carbocycles. The number of nitrogens with zero attached hydrogens (tertiary/aromatic N) is 1. The Morgan fingerprint density at radius 3 is 2.74 bits per heavy atom. The molecule has 1 heterocycles. The molecule has 31 heavy (non-hydrogen) atoms. The lowest BCUT2D eigenvalue weighted by molar-refractivity contribution is -0.127. The van der Waals surface area contributed by atoms with Crippen LogP contribution >= 0.6 is 0 Å². The average Bonchev–Trinajstić information content (AvgIpc) is 2.75. The number of hydrogen-bond donors (Lipinski definition) is 1. The van der Waals surface area contributed by atoms with E-state index in [1.807, 2.05) is 55.5 Å². The summed E-state index contributed by atoms with van der Waals surface area (Å²) in [6, 6.07) is 19.0. The number of hydrogen-bond acceptors (Lipinski definition) is 5. The predicted octanol–water partition coefficient (Wildman–Crippen LogP) is 2.87. The van der Waals surface area contributed by atoms with Crippen molar-refractivity contribution in [1.29, 1.82) is 0 Å². The molecule has 1 unspecified atom stereocenters. The number of ether oxygens (including phenoxy) is 2. The molecule has 1 amide bonds. The smallest absolute Gasteiger partial charge is 0.263 e. The van der Waals surface area contributed by atoms with Crippen LogP contribution in [0.4, 0.5) is 5.69 Å². The quantitative estimate of drug-likeness (QED) is 0.596. The molecule has 162 valence electrons. The van der Waals surface area contributed by atoms with Gasteiger partial charge in [0.1, 0.15) is 18.1 Å². The number of carbonyl (C=O) groups is 1. The molecule has 0 radical (unpaired) electrons. The molecule has 3 aromatic carbocycles. The van der Waals surface area contributed by atoms with Crippen LogP contribution in [-0.2, 0) is 14.8 Å². The van der Waals surface area contributed by atoms with Gasteiger partial charge in [0.25, 0.3) is 5.91 Å². The van der Waals surface area contributed by atoms with E-state index in [0.29, 0.717) is 11.4 Å². The fourth-order valence-electron chi connectivity index (χ4n) is 3.58. The van der Waals surface area contributed by atoms with E-state index >= 15 is 0 Å². The van der Waals surface area contributed by atoms with E-state index in [-0.39, 0.29) is 25.6 Å². The highest BCUT2D eigenvalue weighted by molar-refractivity contribution is 7.92. The number of sulfonamides is 1. The van der Waals surface area contributed by atoms with Gasteiger partial charge in [0, 0.05) is 5.39 Å². The Morgan fingerprint density at radius 2 is 1.94 bits per heavy atom. The lowest BCUT2D eigenvalue weighted by atomic mass is 10.1. The van der Waals surface area contributed by atoms with Crippen LogP contribution in [0.1, 0.15) is 5.56 Å². The second-order valence-electron chi connectivity index (χ2n) is 7.49. The van der Waals surface area contributed by atoms with Gasteiger partial charge in [0.15, 0.2) is 6.10 Å². The van der Waals surface area contributed by atoms with Crippen molar-refractivity contribution in [3.05, 3.63) is 66.2 Å². The molecule has 7 nitrogen and oxygen atoms in total. The highest BCUT2D eigenvalue weighted by atomic mass is 32.2. The first-order chi connectivity index (χ1) is 14.8. The molecule has 0 spiro atoms. The molecule has 1 atom stereocenters. The van der Waals surface area contributed by atoms with Gasteiger partial charge in [-0.1, -0.05) is 42.5 Å². The molecule has 0 bridgehead atoms. The lowest BCUT2D eigenvalue weighted by Crippen LogP contribution is -2.51. The first-order valence-corrected chi connectivity index (χ1v) is 11.8. The summed E-state index contributed by atoms with van der Waals surface area (Å²) in [6.07, 6.45) is 0.177. The zero-order valence-electron chi connectivity index (χ0n) is 17.4. The van der Waals surface area contributed by atoms with Crippen LogP contribution in [0.5, 0.6) is 11.5 Å². The largest absolute Gasteiger partial charge is 0.491 e. The van der Waals surface area contributed by atoms with Gasteiger partial charge in [-0.15, -0.1) is 0 Å². The number of carbonyl (C=O) groups excluding carboxylic acids is 1. The molecule has 8 heteroatoms. The van der Waals surface area contributed by atoms with Gasteiger partial charge in [-0.05, 0) is 36.1 Å². The van der Waals surface area contributed by atoms with E-state index in [1.54, 1.807) is 12.1 Å². The van der Waals surface area contributed by atoms with Crippen molar-refractivity contribution >= 4 is 32.4 Å². The van der Waals surface area contributed by atoms with E-state index < -0.39 is 16.1 Å². The molecular formula is C23H24N2O5S. The van der Waals surface area contributed by atoms with Crippen molar-refractivity contribution in [2.24, 2.45) is 0 Å². The van der Waals surface area contributed by atoms with Crippen LogP contribution in [0.3, 0.4) is 0 Å². The summed E-state index contributed by atoms with van der Waals surface area (Å²) in [7, 11) is -3.55. The minimum atomic E-state index is -3.55. The monoisotopic (exact) mass is 440 g/mol. The van der Waals surface area contributed by atoms with Gasteiger partial charge in [0.2, 0.25) is 10.0 Å². The SMILES string of the molecule is Cc1ccc2c(c1)OC(C(=O)NCCOc1cccc3ccccc13)CN2S(C)(=O)=O. The Bertz CT molecular complexity index is 1220. The number of anilines is 1. The summed E-state index contributed by atoms with van der Waals surface area (Å²) < 4.78 is 37.4. The molecule has 0 saturated carbocycles. The molecule has 0 saturated heterocycles. The summed E-state index contributed by atoms with van der Waals surface area (Å²) in [5.74, 6) is 0.736. The standard InChI is InChI=1S/C23H24N2O5S/c1-16-10-11-19-21(14-16)30-22(15-25(19)31(2,27)28)23(26)24-12-13-29-20-9-5-7-17-6-3-4-8-18(17)20/h3-11,14,22H,12-13,15H2,1-2H3,(H,24,26). The lowest BCUT2D eigenvalue weighted by Gasteiger charge is -2.34. The normalized spacial score (nSPS) is 15.8. The highest BCUT2D eigenvalue weighted by Crippen LogP contribution is 2.35. The van der Waals surface area contributed by atoms with Crippen LogP contribution < -0.4 is 19.1 Å². The highest BCUT2D eigenvalue weighted by Gasteiger charge is 2.34. The topological polar surface area (TPSA) is 84.9 Å². The summed E-state index contributed by atoms with van der Waals surface area (Å²) in [5, 5.41) is 4.86. The average molecular weight is 441 g/mol. The molecule has 1 N–H and O–H groups in total. The maximum atomic E-state index is 12.7. The summed E-state index contributed by atoms with van der Waals surface area (Å²) in [5.41, 5.74) is 1.35. The number of nitrogens with one attached hydrogen (secondary N) is 1. The van der Waals surface area contributed by atoms with Crippen molar-refractivity contribution in [2.45, 2.75) is 13.0 Å². The van der Waals surface area contributed by atoms with E-state index in [1.165, 1.54) is 4.31 Å². The number of benzene rings is 3. The van der Waals surface area contributed by atoms with Crippen LogP contribution in [0.2, 0.25) is 0 Å². The zero-order valence-corrected chi connectivity index (χ0v) is 18.2. The van der Waals surface area contributed by atoms with Crippen molar-refractivity contribution in [2.75, 3.05) is 30.3 Å². The second-order valence-corrected chi connectivity index (χ2v) is 9.40. The second kappa shape index (κ2) is 8.47. The van der Waals surface area contributed by atoms with Crippen molar-refractivity contribution in [3.63, 3.8) is 0 Å². The molecule has 1 aliphatic rings. The van der Waals surface area contributed by atoms with E-state index in [2.05, 4.69) is 5.32 Å². The number of aryl methyl sites for hydroxylation is 1. The van der Waals surface area contributed by atoms with Gasteiger partial charge >= 0.3 is 0 Å². The molecular weight excluding hydrogens is 416 g/mol.